The molecule has 0 aromatic rings. The lowest BCUT2D eigenvalue weighted by Crippen LogP contribution is -2.46. The van der Waals surface area contributed by atoms with Crippen LogP contribution >= 0.6 is 0 Å². The second kappa shape index (κ2) is 9.38. The normalized spacial score (nSPS) is 16.6. The van der Waals surface area contributed by atoms with E-state index in [-0.39, 0.29) is 11.3 Å². The van der Waals surface area contributed by atoms with Crippen molar-refractivity contribution < 1.29 is 4.79 Å². The molecular formula is C17H34N2O. The first-order valence-corrected chi connectivity index (χ1v) is 8.67. The van der Waals surface area contributed by atoms with Gasteiger partial charge in [0.25, 0.3) is 0 Å². The zero-order valence-corrected chi connectivity index (χ0v) is 13.5. The van der Waals surface area contributed by atoms with Crippen molar-refractivity contribution in [3.8, 4) is 0 Å². The SMILES string of the molecule is CCCC(CN)(CCC)C(=O)NCCCC1CCCC1. The summed E-state index contributed by atoms with van der Waals surface area (Å²) in [7, 11) is 0. The minimum absolute atomic E-state index is 0.190. The number of hydrogen-bond donors (Lipinski definition) is 2. The van der Waals surface area contributed by atoms with Crippen LogP contribution in [0.1, 0.15) is 78.1 Å². The van der Waals surface area contributed by atoms with Crippen molar-refractivity contribution >= 4 is 5.91 Å². The zero-order valence-electron chi connectivity index (χ0n) is 13.5. The quantitative estimate of drug-likeness (QED) is 0.601. The van der Waals surface area contributed by atoms with E-state index in [0.717, 1.165) is 44.6 Å². The van der Waals surface area contributed by atoms with Gasteiger partial charge in [-0.15, -0.1) is 0 Å². The topological polar surface area (TPSA) is 55.1 Å². The molecule has 1 aliphatic rings. The maximum Gasteiger partial charge on any atom is 0.227 e. The maximum atomic E-state index is 12.5. The van der Waals surface area contributed by atoms with Crippen molar-refractivity contribution in [2.24, 2.45) is 17.1 Å². The molecule has 3 N–H and O–H groups in total. The molecule has 3 heteroatoms. The smallest absolute Gasteiger partial charge is 0.227 e. The first-order chi connectivity index (χ1) is 9.68. The number of carbonyl (C=O) groups excluding carboxylic acids is 1. The second-order valence-electron chi connectivity index (χ2n) is 6.53. The van der Waals surface area contributed by atoms with Gasteiger partial charge >= 0.3 is 0 Å². The molecule has 1 fully saturated rings. The summed E-state index contributed by atoms with van der Waals surface area (Å²) >= 11 is 0. The number of carbonyl (C=O) groups is 1. The molecule has 1 amide bonds. The van der Waals surface area contributed by atoms with Crippen molar-refractivity contribution in [2.45, 2.75) is 78.1 Å². The minimum atomic E-state index is -0.323. The van der Waals surface area contributed by atoms with E-state index in [0.29, 0.717) is 6.54 Å². The van der Waals surface area contributed by atoms with Gasteiger partial charge in [0.15, 0.2) is 0 Å². The number of amides is 1. The fourth-order valence-corrected chi connectivity index (χ4v) is 3.69. The van der Waals surface area contributed by atoms with Gasteiger partial charge in [-0.25, -0.2) is 0 Å². The molecule has 1 saturated carbocycles. The van der Waals surface area contributed by atoms with E-state index in [1.807, 2.05) is 0 Å². The standard InChI is InChI=1S/C17H34N2O/c1-3-11-17(14-18,12-4-2)16(20)19-13-7-10-15-8-5-6-9-15/h15H,3-14,18H2,1-2H3,(H,19,20). The Morgan fingerprint density at radius 3 is 2.30 bits per heavy atom. The number of rotatable bonds is 10. The summed E-state index contributed by atoms with van der Waals surface area (Å²) in [6.07, 6.45) is 11.9. The summed E-state index contributed by atoms with van der Waals surface area (Å²) in [6, 6.07) is 0. The first kappa shape index (κ1) is 17.5. The van der Waals surface area contributed by atoms with Gasteiger partial charge in [-0.05, 0) is 31.6 Å². The van der Waals surface area contributed by atoms with Crippen molar-refractivity contribution in [1.29, 1.82) is 0 Å². The molecule has 118 valence electrons. The summed E-state index contributed by atoms with van der Waals surface area (Å²) in [4.78, 5) is 12.5. The van der Waals surface area contributed by atoms with Crippen LogP contribution in [0.25, 0.3) is 0 Å². The summed E-state index contributed by atoms with van der Waals surface area (Å²) in [5, 5.41) is 3.15. The molecule has 0 saturated heterocycles. The van der Waals surface area contributed by atoms with E-state index in [2.05, 4.69) is 19.2 Å². The third-order valence-electron chi connectivity index (χ3n) is 4.88. The molecule has 0 spiro atoms. The molecule has 0 radical (unpaired) electrons. The highest BCUT2D eigenvalue weighted by Crippen LogP contribution is 2.30. The number of nitrogens with one attached hydrogen (secondary N) is 1. The largest absolute Gasteiger partial charge is 0.356 e. The number of hydrogen-bond acceptors (Lipinski definition) is 2. The predicted molar refractivity (Wildman–Crippen MR) is 85.5 cm³/mol. The van der Waals surface area contributed by atoms with Crippen LogP contribution in [0.15, 0.2) is 0 Å². The Morgan fingerprint density at radius 2 is 1.80 bits per heavy atom. The molecule has 0 atom stereocenters. The van der Waals surface area contributed by atoms with E-state index in [1.165, 1.54) is 32.1 Å². The Balaban J connectivity index is 2.32. The summed E-state index contributed by atoms with van der Waals surface area (Å²) in [5.41, 5.74) is 5.60. The lowest BCUT2D eigenvalue weighted by Gasteiger charge is -2.30. The fourth-order valence-electron chi connectivity index (χ4n) is 3.69. The molecule has 0 unspecified atom stereocenters. The van der Waals surface area contributed by atoms with E-state index >= 15 is 0 Å². The van der Waals surface area contributed by atoms with E-state index < -0.39 is 0 Å². The molecule has 1 aliphatic carbocycles. The molecule has 0 heterocycles. The summed E-state index contributed by atoms with van der Waals surface area (Å²) in [5.74, 6) is 1.10. The zero-order chi connectivity index (χ0) is 14.8. The van der Waals surface area contributed by atoms with E-state index in [4.69, 9.17) is 5.73 Å². The Kier molecular flexibility index (Phi) is 8.20. The van der Waals surface area contributed by atoms with Gasteiger partial charge in [0.1, 0.15) is 0 Å². The Morgan fingerprint density at radius 1 is 1.20 bits per heavy atom. The average Bonchev–Trinajstić information content (AvgIpc) is 2.96. The van der Waals surface area contributed by atoms with Crippen LogP contribution in [-0.2, 0) is 4.79 Å². The van der Waals surface area contributed by atoms with Gasteiger partial charge in [0.05, 0.1) is 5.41 Å². The minimum Gasteiger partial charge on any atom is -0.356 e. The predicted octanol–water partition coefficient (Wildman–Crippen LogP) is 3.62. The second-order valence-corrected chi connectivity index (χ2v) is 6.53. The van der Waals surface area contributed by atoms with E-state index in [1.54, 1.807) is 0 Å². The van der Waals surface area contributed by atoms with Gasteiger partial charge in [0, 0.05) is 13.1 Å². The molecule has 3 nitrogen and oxygen atoms in total. The van der Waals surface area contributed by atoms with Crippen LogP contribution in [0.2, 0.25) is 0 Å². The highest BCUT2D eigenvalue weighted by Gasteiger charge is 2.34. The van der Waals surface area contributed by atoms with Gasteiger partial charge in [-0.1, -0.05) is 52.4 Å². The van der Waals surface area contributed by atoms with Crippen LogP contribution in [-0.4, -0.2) is 19.0 Å². The van der Waals surface area contributed by atoms with E-state index in [9.17, 15) is 4.79 Å². The lowest BCUT2D eigenvalue weighted by molar-refractivity contribution is -0.131. The van der Waals surface area contributed by atoms with Crippen LogP contribution in [0.4, 0.5) is 0 Å². The van der Waals surface area contributed by atoms with Crippen LogP contribution in [0.3, 0.4) is 0 Å². The van der Waals surface area contributed by atoms with Gasteiger partial charge in [-0.2, -0.15) is 0 Å². The van der Waals surface area contributed by atoms with Crippen LogP contribution in [0, 0.1) is 11.3 Å². The van der Waals surface area contributed by atoms with Crippen molar-refractivity contribution in [3.05, 3.63) is 0 Å². The number of nitrogens with two attached hydrogens (primary N) is 1. The average molecular weight is 282 g/mol. The third-order valence-corrected chi connectivity index (χ3v) is 4.88. The Labute approximate surface area is 125 Å². The molecule has 1 rings (SSSR count). The third kappa shape index (κ3) is 5.08. The molecule has 0 aliphatic heterocycles. The van der Waals surface area contributed by atoms with Crippen LogP contribution in [0.5, 0.6) is 0 Å². The molecule has 0 aromatic carbocycles. The Bertz CT molecular complexity index is 266. The lowest BCUT2D eigenvalue weighted by atomic mass is 9.78. The maximum absolute atomic E-state index is 12.5. The highest BCUT2D eigenvalue weighted by atomic mass is 16.2. The monoisotopic (exact) mass is 282 g/mol. The van der Waals surface area contributed by atoms with Gasteiger partial charge in [0.2, 0.25) is 5.91 Å². The van der Waals surface area contributed by atoms with Crippen molar-refractivity contribution in [1.82, 2.24) is 5.32 Å². The Hall–Kier alpha value is -0.570. The summed E-state index contributed by atoms with van der Waals surface area (Å²) in [6.45, 7) is 5.56. The molecule has 20 heavy (non-hydrogen) atoms. The van der Waals surface area contributed by atoms with Crippen LogP contribution < -0.4 is 11.1 Å². The first-order valence-electron chi connectivity index (χ1n) is 8.67. The highest BCUT2D eigenvalue weighted by molar-refractivity contribution is 5.82. The molecule has 0 aromatic heterocycles. The van der Waals surface area contributed by atoms with Gasteiger partial charge in [-0.3, -0.25) is 4.79 Å². The van der Waals surface area contributed by atoms with Gasteiger partial charge < -0.3 is 11.1 Å². The summed E-state index contributed by atoms with van der Waals surface area (Å²) < 4.78 is 0. The van der Waals surface area contributed by atoms with Crippen molar-refractivity contribution in [3.63, 3.8) is 0 Å². The van der Waals surface area contributed by atoms with Crippen molar-refractivity contribution in [2.75, 3.05) is 13.1 Å². The fraction of sp³-hybridized carbons (Fsp3) is 0.941. The molecule has 0 bridgehead atoms. The molecular weight excluding hydrogens is 248 g/mol.